The Morgan fingerprint density at radius 1 is 1.73 bits per heavy atom. The molecule has 62 valence electrons. The van der Waals surface area contributed by atoms with Crippen LogP contribution in [0.1, 0.15) is 13.8 Å². The Hall–Kier alpha value is -0.830. The fourth-order valence-corrected chi connectivity index (χ4v) is 0.675. The first-order valence-corrected chi connectivity index (χ1v) is 3.76. The molecule has 11 heavy (non-hydrogen) atoms. The van der Waals surface area contributed by atoms with E-state index in [2.05, 4.69) is 10.3 Å². The lowest BCUT2D eigenvalue weighted by atomic mass is 10.5. The van der Waals surface area contributed by atoms with E-state index in [1.807, 2.05) is 0 Å². The summed E-state index contributed by atoms with van der Waals surface area (Å²) in [6.07, 6.45) is 3.22. The van der Waals surface area contributed by atoms with Crippen molar-refractivity contribution in [1.29, 1.82) is 0 Å². The molecule has 0 unspecified atom stereocenters. The Bertz CT molecular complexity index is 187. The number of aliphatic imine (C=N–C) groups is 1. The van der Waals surface area contributed by atoms with Gasteiger partial charge in [0.2, 0.25) is 5.91 Å². The molecule has 0 atom stereocenters. The number of carbonyl (C=O) groups excluding carboxylic acids is 1. The van der Waals surface area contributed by atoms with Crippen LogP contribution in [0.3, 0.4) is 0 Å². The highest BCUT2D eigenvalue weighted by Gasteiger charge is 1.93. The van der Waals surface area contributed by atoms with Crippen LogP contribution in [-0.4, -0.2) is 18.0 Å². The van der Waals surface area contributed by atoms with E-state index in [0.717, 1.165) is 0 Å². The first kappa shape index (κ1) is 10.2. The molecule has 0 radical (unpaired) electrons. The van der Waals surface area contributed by atoms with Gasteiger partial charge in [-0.05, 0) is 13.0 Å². The second-order valence-electron chi connectivity index (χ2n) is 1.81. The minimum atomic E-state index is -0.146. The Morgan fingerprint density at radius 2 is 2.36 bits per heavy atom. The minimum Gasteiger partial charge on any atom is -0.311 e. The smallest absolute Gasteiger partial charge is 0.222 e. The summed E-state index contributed by atoms with van der Waals surface area (Å²) in [5, 5.41) is 2.52. The minimum absolute atomic E-state index is 0.146. The number of amides is 1. The number of nitrogens with one attached hydrogen (secondary N) is 1. The van der Waals surface area contributed by atoms with Crippen LogP contribution >= 0.6 is 11.6 Å². The van der Waals surface area contributed by atoms with Gasteiger partial charge < -0.3 is 5.32 Å². The zero-order valence-corrected chi connectivity index (χ0v) is 7.35. The predicted molar refractivity (Wildman–Crippen MR) is 46.8 cm³/mol. The second-order valence-corrected chi connectivity index (χ2v) is 2.12. The van der Waals surface area contributed by atoms with Gasteiger partial charge in [-0.25, -0.2) is 4.99 Å². The van der Waals surface area contributed by atoms with E-state index >= 15 is 0 Å². The highest BCUT2D eigenvalue weighted by Crippen LogP contribution is 1.91. The molecule has 1 amide bonds. The number of hydrogen-bond donors (Lipinski definition) is 1. The predicted octanol–water partition coefficient (Wildman–Crippen LogP) is 1.29. The maximum absolute atomic E-state index is 10.5. The largest absolute Gasteiger partial charge is 0.311 e. The van der Waals surface area contributed by atoms with E-state index in [0.29, 0.717) is 11.7 Å². The number of rotatable bonds is 3. The van der Waals surface area contributed by atoms with Crippen molar-refractivity contribution in [3.05, 3.63) is 11.9 Å². The van der Waals surface area contributed by atoms with Crippen LogP contribution in [-0.2, 0) is 4.79 Å². The molecule has 0 aliphatic carbocycles. The summed E-state index contributed by atoms with van der Waals surface area (Å²) in [4.78, 5) is 14.4. The maximum Gasteiger partial charge on any atom is 0.222 e. The number of halogens is 1. The van der Waals surface area contributed by atoms with Gasteiger partial charge in [0.1, 0.15) is 5.82 Å². The molecule has 0 aliphatic heterocycles. The lowest BCUT2D eigenvalue weighted by Crippen LogP contribution is -2.18. The number of hydrogen-bond acceptors (Lipinski definition) is 2. The second kappa shape index (κ2) is 5.92. The standard InChI is InChI=1S/C7H11ClN2O/c1-3-9-7(4-5-8)10-6(2)11/h3-4H,5H2,1-2H3,(H,10,11)/b7-4+,9-3?. The summed E-state index contributed by atoms with van der Waals surface area (Å²) in [5.41, 5.74) is 0. The summed E-state index contributed by atoms with van der Waals surface area (Å²) >= 11 is 5.41. The van der Waals surface area contributed by atoms with Crippen molar-refractivity contribution in [2.75, 3.05) is 5.88 Å². The molecule has 0 aliphatic rings. The summed E-state index contributed by atoms with van der Waals surface area (Å²) in [6.45, 7) is 3.19. The van der Waals surface area contributed by atoms with Crippen molar-refractivity contribution in [2.45, 2.75) is 13.8 Å². The van der Waals surface area contributed by atoms with Gasteiger partial charge in [-0.3, -0.25) is 4.79 Å². The quantitative estimate of drug-likeness (QED) is 0.509. The molecular formula is C7H11ClN2O. The third-order valence-electron chi connectivity index (χ3n) is 0.843. The summed E-state index contributed by atoms with van der Waals surface area (Å²) in [6, 6.07) is 0. The molecule has 0 bridgehead atoms. The van der Waals surface area contributed by atoms with E-state index < -0.39 is 0 Å². The van der Waals surface area contributed by atoms with Gasteiger partial charge >= 0.3 is 0 Å². The first-order chi connectivity index (χ1) is 5.20. The normalized spacial score (nSPS) is 12.1. The van der Waals surface area contributed by atoms with Crippen LogP contribution in [0.5, 0.6) is 0 Å². The van der Waals surface area contributed by atoms with E-state index in [-0.39, 0.29) is 5.91 Å². The zero-order chi connectivity index (χ0) is 8.69. The van der Waals surface area contributed by atoms with Crippen LogP contribution in [0, 0.1) is 0 Å². The van der Waals surface area contributed by atoms with Gasteiger partial charge in [-0.1, -0.05) is 0 Å². The zero-order valence-electron chi connectivity index (χ0n) is 6.60. The highest BCUT2D eigenvalue weighted by molar-refractivity contribution is 6.18. The number of carbonyl (C=O) groups is 1. The molecule has 0 aromatic carbocycles. The van der Waals surface area contributed by atoms with E-state index in [9.17, 15) is 4.79 Å². The molecule has 0 aromatic heterocycles. The van der Waals surface area contributed by atoms with Gasteiger partial charge in [0.25, 0.3) is 0 Å². The molecule has 0 saturated heterocycles. The fraction of sp³-hybridized carbons (Fsp3) is 0.429. The van der Waals surface area contributed by atoms with Crippen molar-refractivity contribution < 1.29 is 4.79 Å². The van der Waals surface area contributed by atoms with Gasteiger partial charge in [0.05, 0.1) is 0 Å². The van der Waals surface area contributed by atoms with Gasteiger partial charge in [0, 0.05) is 19.0 Å². The molecule has 0 saturated carbocycles. The van der Waals surface area contributed by atoms with Crippen molar-refractivity contribution >= 4 is 23.7 Å². The molecule has 3 nitrogen and oxygen atoms in total. The first-order valence-electron chi connectivity index (χ1n) is 3.23. The van der Waals surface area contributed by atoms with Crippen LogP contribution in [0.15, 0.2) is 16.9 Å². The Kier molecular flexibility index (Phi) is 5.47. The van der Waals surface area contributed by atoms with Crippen LogP contribution in [0.25, 0.3) is 0 Å². The Labute approximate surface area is 71.1 Å². The Balaban J connectivity index is 4.11. The van der Waals surface area contributed by atoms with Crippen LogP contribution < -0.4 is 5.32 Å². The summed E-state index contributed by atoms with van der Waals surface area (Å²) in [7, 11) is 0. The average Bonchev–Trinajstić information content (AvgIpc) is 1.87. The molecule has 0 spiro atoms. The van der Waals surface area contributed by atoms with Crippen molar-refractivity contribution in [2.24, 2.45) is 4.99 Å². The van der Waals surface area contributed by atoms with E-state index in [4.69, 9.17) is 11.6 Å². The molecular weight excluding hydrogens is 164 g/mol. The fourth-order valence-electron chi connectivity index (χ4n) is 0.529. The van der Waals surface area contributed by atoms with Gasteiger partial charge in [-0.15, -0.1) is 11.6 Å². The van der Waals surface area contributed by atoms with Crippen molar-refractivity contribution in [3.8, 4) is 0 Å². The number of nitrogens with zero attached hydrogens (tertiary/aromatic N) is 1. The summed E-state index contributed by atoms with van der Waals surface area (Å²) in [5.74, 6) is 0.689. The van der Waals surface area contributed by atoms with Gasteiger partial charge in [-0.2, -0.15) is 0 Å². The lowest BCUT2D eigenvalue weighted by Gasteiger charge is -1.99. The van der Waals surface area contributed by atoms with Crippen molar-refractivity contribution in [3.63, 3.8) is 0 Å². The number of alkyl halides is 1. The van der Waals surface area contributed by atoms with Crippen LogP contribution in [0.4, 0.5) is 0 Å². The van der Waals surface area contributed by atoms with Crippen LogP contribution in [0.2, 0.25) is 0 Å². The van der Waals surface area contributed by atoms with Gasteiger partial charge in [0.15, 0.2) is 0 Å². The molecule has 1 N–H and O–H groups in total. The Morgan fingerprint density at radius 3 is 2.73 bits per heavy atom. The molecule has 0 rings (SSSR count). The van der Waals surface area contributed by atoms with E-state index in [1.54, 1.807) is 19.2 Å². The third kappa shape index (κ3) is 5.61. The summed E-state index contributed by atoms with van der Waals surface area (Å²) < 4.78 is 0. The molecule has 4 heteroatoms. The maximum atomic E-state index is 10.5. The van der Waals surface area contributed by atoms with E-state index in [1.165, 1.54) is 6.92 Å². The molecule has 0 fully saturated rings. The molecule has 0 heterocycles. The molecule has 0 aromatic rings. The monoisotopic (exact) mass is 174 g/mol. The van der Waals surface area contributed by atoms with Crippen molar-refractivity contribution in [1.82, 2.24) is 5.32 Å². The third-order valence-corrected chi connectivity index (χ3v) is 0.997. The SMILES string of the molecule is CC=N/C(=C\CCl)NC(C)=O. The lowest BCUT2D eigenvalue weighted by molar-refractivity contribution is -0.118. The highest BCUT2D eigenvalue weighted by atomic mass is 35.5. The number of allylic oxidation sites excluding steroid dienone is 1. The average molecular weight is 175 g/mol. The topological polar surface area (TPSA) is 41.5 Å².